The van der Waals surface area contributed by atoms with Crippen LogP contribution in [0.4, 0.5) is 0 Å². The van der Waals surface area contributed by atoms with Crippen molar-refractivity contribution >= 4 is 38.8 Å². The molecule has 4 heterocycles. The highest BCUT2D eigenvalue weighted by Crippen LogP contribution is 2.48. The second-order valence-electron chi connectivity index (χ2n) is 17.7. The molecule has 0 atom stereocenters. The molecule has 59 heavy (non-hydrogen) atoms. The largest absolute Gasteiger partial charge is 0.488 e. The van der Waals surface area contributed by atoms with E-state index in [1.54, 1.807) is 14.2 Å². The van der Waals surface area contributed by atoms with Gasteiger partial charge in [0.05, 0.1) is 62.2 Å². The summed E-state index contributed by atoms with van der Waals surface area (Å²) >= 11 is 0. The average molecular weight is 849 g/mol. The molecule has 0 N–H and O–H groups in total. The van der Waals surface area contributed by atoms with Gasteiger partial charge in [-0.3, -0.25) is 4.57 Å². The van der Waals surface area contributed by atoms with Crippen molar-refractivity contribution in [2.75, 3.05) is 60.5 Å². The molecule has 0 amide bonds. The molecular formula is C43H64N6O8Si2. The van der Waals surface area contributed by atoms with Crippen LogP contribution in [0, 0.1) is 0 Å². The lowest BCUT2D eigenvalue weighted by molar-refractivity contribution is -0.180. The summed E-state index contributed by atoms with van der Waals surface area (Å²) in [6.07, 6.45) is 7.85. The Labute approximate surface area is 350 Å². The Morgan fingerprint density at radius 1 is 0.847 bits per heavy atom. The van der Waals surface area contributed by atoms with Crippen LogP contribution < -0.4 is 9.47 Å². The molecular weight excluding hydrogens is 785 g/mol. The Kier molecular flexibility index (Phi) is 14.7. The second kappa shape index (κ2) is 19.5. The van der Waals surface area contributed by atoms with Gasteiger partial charge in [-0.2, -0.15) is 14.7 Å². The molecule has 14 nitrogen and oxygen atoms in total. The summed E-state index contributed by atoms with van der Waals surface area (Å²) in [5.41, 5.74) is 3.91. The summed E-state index contributed by atoms with van der Waals surface area (Å²) in [6, 6.07) is 12.0. The predicted molar refractivity (Wildman–Crippen MR) is 235 cm³/mol. The van der Waals surface area contributed by atoms with E-state index in [-0.39, 0.29) is 31.8 Å². The van der Waals surface area contributed by atoms with Crippen LogP contribution in [0.15, 0.2) is 48.9 Å². The number of rotatable bonds is 22. The van der Waals surface area contributed by atoms with Crippen LogP contribution in [0.1, 0.15) is 44.2 Å². The number of benzene rings is 1. The van der Waals surface area contributed by atoms with E-state index in [0.29, 0.717) is 76.0 Å². The summed E-state index contributed by atoms with van der Waals surface area (Å²) in [5.74, 6) is 0.826. The van der Waals surface area contributed by atoms with Crippen LogP contribution in [0.2, 0.25) is 51.4 Å². The van der Waals surface area contributed by atoms with Gasteiger partial charge >= 0.3 is 5.97 Å². The molecule has 322 valence electrons. The average Bonchev–Trinajstić information content (AvgIpc) is 3.93. The fraction of sp³-hybridized carbons (Fsp3) is 0.581. The van der Waals surface area contributed by atoms with E-state index in [1.807, 2.05) is 65.0 Å². The van der Waals surface area contributed by atoms with Crippen molar-refractivity contribution in [3.8, 4) is 28.4 Å². The topological polar surface area (TPSA) is 135 Å². The van der Waals surface area contributed by atoms with E-state index in [0.717, 1.165) is 45.6 Å². The van der Waals surface area contributed by atoms with Gasteiger partial charge in [-0.05, 0) is 56.8 Å². The minimum Gasteiger partial charge on any atom is -0.488 e. The number of ether oxygens (including phenoxy) is 7. The van der Waals surface area contributed by atoms with Gasteiger partial charge in [0.2, 0.25) is 5.88 Å². The number of aromatic nitrogens is 6. The molecule has 16 heteroatoms. The number of nitrogens with zero attached hydrogens (tertiary/aromatic N) is 6. The Morgan fingerprint density at radius 2 is 1.54 bits per heavy atom. The summed E-state index contributed by atoms with van der Waals surface area (Å²) in [4.78, 5) is 19.2. The number of carbonyl (C=O) groups excluding carboxylic acids is 1. The van der Waals surface area contributed by atoms with Gasteiger partial charge in [-0.15, -0.1) is 0 Å². The number of fused-ring (bicyclic) bond motifs is 3. The third-order valence-electron chi connectivity index (χ3n) is 10.8. The molecule has 1 saturated carbocycles. The number of hydrogen-bond donors (Lipinski definition) is 0. The molecule has 0 aliphatic heterocycles. The number of para-hydroxylation sites is 1. The van der Waals surface area contributed by atoms with Crippen molar-refractivity contribution in [2.45, 2.75) is 102 Å². The van der Waals surface area contributed by atoms with Crippen molar-refractivity contribution in [1.82, 2.24) is 28.9 Å². The lowest BCUT2D eigenvalue weighted by Gasteiger charge is -2.38. The lowest BCUT2D eigenvalue weighted by Crippen LogP contribution is -2.46. The van der Waals surface area contributed by atoms with Crippen LogP contribution >= 0.6 is 0 Å². The Balaban J connectivity index is 1.51. The molecule has 6 rings (SSSR count). The summed E-state index contributed by atoms with van der Waals surface area (Å²) in [7, 11) is 0.401. The van der Waals surface area contributed by atoms with Gasteiger partial charge in [-0.1, -0.05) is 57.5 Å². The van der Waals surface area contributed by atoms with Crippen LogP contribution in [-0.4, -0.2) is 117 Å². The Bertz CT molecular complexity index is 2130. The number of hydrogen-bond acceptors (Lipinski definition) is 11. The van der Waals surface area contributed by atoms with Gasteiger partial charge in [0.15, 0.2) is 22.6 Å². The molecule has 5 aromatic rings. The van der Waals surface area contributed by atoms with E-state index in [1.165, 1.54) is 0 Å². The highest BCUT2D eigenvalue weighted by Gasteiger charge is 2.46. The molecule has 1 fully saturated rings. The molecule has 1 aromatic carbocycles. The highest BCUT2D eigenvalue weighted by molar-refractivity contribution is 6.76. The van der Waals surface area contributed by atoms with Crippen LogP contribution in [0.25, 0.3) is 33.5 Å². The van der Waals surface area contributed by atoms with E-state index in [2.05, 4.69) is 43.8 Å². The zero-order chi connectivity index (χ0) is 42.2. The SMILES string of the molecule is CCOc1c(OCC[Si](C)(C)C)n(COCC[Si](C)(C)C)c2c1c(C1CCC(OCCOC)(C(=O)OCCOC)CC1)nc1c(-c3cnn(-c4ccccc4)c3)cnn12. The van der Waals surface area contributed by atoms with Crippen molar-refractivity contribution in [2.24, 2.45) is 0 Å². The number of methoxy groups -OCH3 is 2. The lowest BCUT2D eigenvalue weighted by atomic mass is 9.76. The van der Waals surface area contributed by atoms with Gasteiger partial charge < -0.3 is 33.2 Å². The molecule has 4 aromatic heterocycles. The third-order valence-corrected chi connectivity index (χ3v) is 14.2. The second-order valence-corrected chi connectivity index (χ2v) is 29.0. The normalized spacial score (nSPS) is 17.5. The number of carbonyl (C=O) groups is 1. The zero-order valence-corrected chi connectivity index (χ0v) is 38.5. The first-order valence-corrected chi connectivity index (χ1v) is 28.4. The molecule has 0 saturated heterocycles. The van der Waals surface area contributed by atoms with Gasteiger partial charge in [0.1, 0.15) is 13.3 Å². The van der Waals surface area contributed by atoms with Crippen LogP contribution in [-0.2, 0) is 35.2 Å². The van der Waals surface area contributed by atoms with E-state index < -0.39 is 21.7 Å². The maximum absolute atomic E-state index is 13.7. The molecule has 0 radical (unpaired) electrons. The summed E-state index contributed by atoms with van der Waals surface area (Å²) in [5, 5.41) is 10.6. The smallest absolute Gasteiger partial charge is 0.338 e. The number of esters is 1. The predicted octanol–water partition coefficient (Wildman–Crippen LogP) is 8.21. The first-order chi connectivity index (χ1) is 28.3. The minimum absolute atomic E-state index is 0.0547. The Morgan fingerprint density at radius 3 is 2.22 bits per heavy atom. The van der Waals surface area contributed by atoms with Crippen LogP contribution in [0.5, 0.6) is 11.6 Å². The summed E-state index contributed by atoms with van der Waals surface area (Å²) < 4.78 is 48.3. The quantitative estimate of drug-likeness (QED) is 0.0379. The van der Waals surface area contributed by atoms with E-state index in [4.69, 9.17) is 48.3 Å². The van der Waals surface area contributed by atoms with Crippen molar-refractivity contribution in [1.29, 1.82) is 0 Å². The zero-order valence-electron chi connectivity index (χ0n) is 36.5. The monoisotopic (exact) mass is 848 g/mol. The van der Waals surface area contributed by atoms with Gasteiger partial charge in [-0.25, -0.2) is 14.5 Å². The van der Waals surface area contributed by atoms with Crippen LogP contribution in [0.3, 0.4) is 0 Å². The van der Waals surface area contributed by atoms with E-state index >= 15 is 0 Å². The third kappa shape index (κ3) is 10.6. The first-order valence-electron chi connectivity index (χ1n) is 21.0. The summed E-state index contributed by atoms with van der Waals surface area (Å²) in [6.45, 7) is 19.1. The van der Waals surface area contributed by atoms with Crippen molar-refractivity contribution in [3.63, 3.8) is 0 Å². The Hall–Kier alpha value is -4.07. The molecule has 1 aliphatic rings. The maximum Gasteiger partial charge on any atom is 0.338 e. The van der Waals surface area contributed by atoms with Crippen molar-refractivity contribution < 1.29 is 38.0 Å². The van der Waals surface area contributed by atoms with Crippen molar-refractivity contribution in [3.05, 3.63) is 54.6 Å². The van der Waals surface area contributed by atoms with E-state index in [9.17, 15) is 4.79 Å². The minimum atomic E-state index is -1.44. The molecule has 0 bridgehead atoms. The standard InChI is InChI=1S/C43H64N6O8Si2/c1-10-54-38-36-37(32-16-18-43(19-17-32,57-23-21-52-3)42(50)56-22-20-51-2)46-39-35(33-28-44-48(30-33)34-14-12-11-13-15-34)29-45-49(39)40(36)47(31-53-24-26-58(4,5)6)41(38)55-25-27-59(7,8)9/h11-15,28-30,32H,10,16-27,31H2,1-9H3. The molecule has 0 spiro atoms. The first kappa shape index (κ1) is 44.5. The maximum atomic E-state index is 13.7. The van der Waals surface area contributed by atoms with Gasteiger partial charge in [0, 0.05) is 60.2 Å². The molecule has 0 unspecified atom stereocenters. The molecule has 1 aliphatic carbocycles. The fourth-order valence-electron chi connectivity index (χ4n) is 7.43. The highest BCUT2D eigenvalue weighted by atomic mass is 28.3. The van der Waals surface area contributed by atoms with Gasteiger partial charge in [0.25, 0.3) is 0 Å². The fourth-order valence-corrected chi connectivity index (χ4v) is 8.91.